The van der Waals surface area contributed by atoms with E-state index >= 15 is 0 Å². The molecule has 0 unspecified atom stereocenters. The lowest BCUT2D eigenvalue weighted by Gasteiger charge is -2.29. The second-order valence-corrected chi connectivity index (χ2v) is 6.26. The first kappa shape index (κ1) is 16.3. The van der Waals surface area contributed by atoms with Gasteiger partial charge in [0.05, 0.1) is 18.8 Å². The van der Waals surface area contributed by atoms with E-state index in [0.717, 1.165) is 11.3 Å². The molecular weight excluding hydrogens is 286 g/mol. The minimum Gasteiger partial charge on any atom is -0.465 e. The van der Waals surface area contributed by atoms with Gasteiger partial charge < -0.3 is 14.4 Å². The van der Waals surface area contributed by atoms with Crippen molar-refractivity contribution in [1.29, 1.82) is 0 Å². The molecule has 0 saturated heterocycles. The van der Waals surface area contributed by atoms with Gasteiger partial charge in [0.15, 0.2) is 0 Å². The van der Waals surface area contributed by atoms with E-state index in [1.807, 2.05) is 20.8 Å². The van der Waals surface area contributed by atoms with Crippen molar-refractivity contribution in [2.24, 2.45) is 0 Å². The Hall–Kier alpha value is -2.05. The van der Waals surface area contributed by atoms with Gasteiger partial charge in [-0.2, -0.15) is 5.10 Å². The van der Waals surface area contributed by atoms with Crippen LogP contribution >= 0.6 is 0 Å². The standard InChI is InChI=1S/C15H23N3O4/c1-5-21-13(19)10-18-9-11-8-17(7-6-12(11)16-18)14(20)22-15(2,3)4/h9H,5-8,10H2,1-4H3. The van der Waals surface area contributed by atoms with Gasteiger partial charge >= 0.3 is 12.1 Å². The molecule has 0 fully saturated rings. The van der Waals surface area contributed by atoms with Crippen LogP contribution in [-0.4, -0.2) is 45.5 Å². The van der Waals surface area contributed by atoms with Crippen LogP contribution in [0.5, 0.6) is 0 Å². The molecule has 0 bridgehead atoms. The summed E-state index contributed by atoms with van der Waals surface area (Å²) in [5.41, 5.74) is 1.36. The molecule has 0 aliphatic carbocycles. The lowest BCUT2D eigenvalue weighted by atomic mass is 10.1. The van der Waals surface area contributed by atoms with Gasteiger partial charge in [0.25, 0.3) is 0 Å². The first-order valence-corrected chi connectivity index (χ1v) is 7.47. The molecule has 2 rings (SSSR count). The van der Waals surface area contributed by atoms with Crippen molar-refractivity contribution in [3.63, 3.8) is 0 Å². The zero-order valence-corrected chi connectivity index (χ0v) is 13.6. The van der Waals surface area contributed by atoms with Crippen LogP contribution < -0.4 is 0 Å². The van der Waals surface area contributed by atoms with Gasteiger partial charge in [0, 0.05) is 24.7 Å². The maximum absolute atomic E-state index is 12.1. The summed E-state index contributed by atoms with van der Waals surface area (Å²) < 4.78 is 11.9. The molecule has 2 heterocycles. The number of esters is 1. The first-order valence-electron chi connectivity index (χ1n) is 7.47. The number of fused-ring (bicyclic) bond motifs is 1. The Morgan fingerprint density at radius 2 is 2.09 bits per heavy atom. The topological polar surface area (TPSA) is 73.7 Å². The van der Waals surface area contributed by atoms with Crippen LogP contribution in [0.25, 0.3) is 0 Å². The van der Waals surface area contributed by atoms with Crippen molar-refractivity contribution in [1.82, 2.24) is 14.7 Å². The Kier molecular flexibility index (Phi) is 4.73. The highest BCUT2D eigenvalue weighted by Gasteiger charge is 2.27. The van der Waals surface area contributed by atoms with E-state index in [4.69, 9.17) is 9.47 Å². The molecule has 0 spiro atoms. The predicted molar refractivity (Wildman–Crippen MR) is 79.2 cm³/mol. The van der Waals surface area contributed by atoms with Gasteiger partial charge in [-0.15, -0.1) is 0 Å². The van der Waals surface area contributed by atoms with Crippen LogP contribution in [0.3, 0.4) is 0 Å². The molecule has 122 valence electrons. The normalized spacial score (nSPS) is 14.5. The number of ether oxygens (including phenoxy) is 2. The van der Waals surface area contributed by atoms with E-state index in [1.54, 1.807) is 22.7 Å². The number of carbonyl (C=O) groups is 2. The van der Waals surface area contributed by atoms with Crippen molar-refractivity contribution >= 4 is 12.1 Å². The SMILES string of the molecule is CCOC(=O)Cn1cc2c(n1)CCN(C(=O)OC(C)(C)C)C2. The van der Waals surface area contributed by atoms with Crippen molar-refractivity contribution in [3.8, 4) is 0 Å². The number of rotatable bonds is 3. The fourth-order valence-electron chi connectivity index (χ4n) is 2.27. The van der Waals surface area contributed by atoms with E-state index < -0.39 is 5.60 Å². The molecular formula is C15H23N3O4. The quantitative estimate of drug-likeness (QED) is 0.795. The third-order valence-electron chi connectivity index (χ3n) is 3.15. The summed E-state index contributed by atoms with van der Waals surface area (Å²) >= 11 is 0. The van der Waals surface area contributed by atoms with Crippen molar-refractivity contribution in [2.75, 3.05) is 13.2 Å². The number of hydrogen-bond donors (Lipinski definition) is 0. The number of nitrogens with zero attached hydrogens (tertiary/aromatic N) is 3. The Bertz CT molecular complexity index is 560. The average Bonchev–Trinajstić information content (AvgIpc) is 2.77. The highest BCUT2D eigenvalue weighted by atomic mass is 16.6. The van der Waals surface area contributed by atoms with Crippen LogP contribution in [-0.2, 0) is 33.8 Å². The lowest BCUT2D eigenvalue weighted by molar-refractivity contribution is -0.144. The molecule has 1 aliphatic heterocycles. The smallest absolute Gasteiger partial charge is 0.410 e. The Morgan fingerprint density at radius 3 is 2.73 bits per heavy atom. The summed E-state index contributed by atoms with van der Waals surface area (Å²) in [6.45, 7) is 8.77. The zero-order chi connectivity index (χ0) is 16.3. The second-order valence-electron chi connectivity index (χ2n) is 6.26. The van der Waals surface area contributed by atoms with E-state index in [2.05, 4.69) is 5.10 Å². The number of carbonyl (C=O) groups excluding carboxylic acids is 2. The van der Waals surface area contributed by atoms with Gasteiger partial charge in [0.2, 0.25) is 0 Å². The molecule has 1 aromatic rings. The second kappa shape index (κ2) is 6.37. The lowest BCUT2D eigenvalue weighted by Crippen LogP contribution is -2.39. The molecule has 1 amide bonds. The summed E-state index contributed by atoms with van der Waals surface area (Å²) in [6.07, 6.45) is 2.13. The van der Waals surface area contributed by atoms with Crippen LogP contribution in [0.1, 0.15) is 39.0 Å². The molecule has 0 radical (unpaired) electrons. The van der Waals surface area contributed by atoms with Gasteiger partial charge in [-0.05, 0) is 27.7 Å². The van der Waals surface area contributed by atoms with E-state index in [0.29, 0.717) is 26.1 Å². The molecule has 1 aliphatic rings. The van der Waals surface area contributed by atoms with Crippen LogP contribution in [0.15, 0.2) is 6.20 Å². The summed E-state index contributed by atoms with van der Waals surface area (Å²) in [4.78, 5) is 25.2. The average molecular weight is 309 g/mol. The molecule has 22 heavy (non-hydrogen) atoms. The molecule has 0 saturated carbocycles. The fourth-order valence-corrected chi connectivity index (χ4v) is 2.27. The van der Waals surface area contributed by atoms with Crippen molar-refractivity contribution in [3.05, 3.63) is 17.5 Å². The molecule has 7 heteroatoms. The number of hydrogen-bond acceptors (Lipinski definition) is 5. The summed E-state index contributed by atoms with van der Waals surface area (Å²) in [5.74, 6) is -0.314. The maximum Gasteiger partial charge on any atom is 0.410 e. The Balaban J connectivity index is 2.00. The summed E-state index contributed by atoms with van der Waals surface area (Å²) in [6, 6.07) is 0. The monoisotopic (exact) mass is 309 g/mol. The van der Waals surface area contributed by atoms with Crippen molar-refractivity contribution < 1.29 is 19.1 Å². The fraction of sp³-hybridized carbons (Fsp3) is 0.667. The number of amides is 1. The highest BCUT2D eigenvalue weighted by Crippen LogP contribution is 2.20. The third kappa shape index (κ3) is 4.22. The Morgan fingerprint density at radius 1 is 1.36 bits per heavy atom. The van der Waals surface area contributed by atoms with Crippen molar-refractivity contribution in [2.45, 2.75) is 52.8 Å². The molecule has 0 N–H and O–H groups in total. The Labute approximate surface area is 130 Å². The first-order chi connectivity index (χ1) is 10.3. The van der Waals surface area contributed by atoms with Gasteiger partial charge in [0.1, 0.15) is 12.1 Å². The minimum absolute atomic E-state index is 0.0906. The van der Waals surface area contributed by atoms with E-state index in [1.165, 1.54) is 0 Å². The molecule has 1 aromatic heterocycles. The zero-order valence-electron chi connectivity index (χ0n) is 13.6. The van der Waals surface area contributed by atoms with Crippen LogP contribution in [0.4, 0.5) is 4.79 Å². The number of aromatic nitrogens is 2. The third-order valence-corrected chi connectivity index (χ3v) is 3.15. The van der Waals surface area contributed by atoms with Crippen LogP contribution in [0.2, 0.25) is 0 Å². The molecule has 7 nitrogen and oxygen atoms in total. The summed E-state index contributed by atoms with van der Waals surface area (Å²) in [5, 5.41) is 4.38. The maximum atomic E-state index is 12.1. The van der Waals surface area contributed by atoms with Gasteiger partial charge in [-0.1, -0.05) is 0 Å². The largest absolute Gasteiger partial charge is 0.465 e. The van der Waals surface area contributed by atoms with E-state index in [-0.39, 0.29) is 18.6 Å². The molecule has 0 aromatic carbocycles. The van der Waals surface area contributed by atoms with Gasteiger partial charge in [-0.25, -0.2) is 4.79 Å². The van der Waals surface area contributed by atoms with Gasteiger partial charge in [-0.3, -0.25) is 9.48 Å². The minimum atomic E-state index is -0.508. The van der Waals surface area contributed by atoms with Crippen LogP contribution in [0, 0.1) is 0 Å². The summed E-state index contributed by atoms with van der Waals surface area (Å²) in [7, 11) is 0. The molecule has 0 atom stereocenters. The van der Waals surface area contributed by atoms with E-state index in [9.17, 15) is 9.59 Å². The highest BCUT2D eigenvalue weighted by molar-refractivity contribution is 5.69. The predicted octanol–water partition coefficient (Wildman–Crippen LogP) is 1.74.